The predicted molar refractivity (Wildman–Crippen MR) is 81.1 cm³/mol. The average Bonchev–Trinajstić information content (AvgIpc) is 2.95. The normalized spacial score (nSPS) is 17.1. The van der Waals surface area contributed by atoms with Crippen LogP contribution in [0.25, 0.3) is 0 Å². The van der Waals surface area contributed by atoms with Gasteiger partial charge in [-0.2, -0.15) is 0 Å². The van der Waals surface area contributed by atoms with E-state index in [0.29, 0.717) is 24.0 Å². The van der Waals surface area contributed by atoms with Gasteiger partial charge in [-0.15, -0.1) is 0 Å². The summed E-state index contributed by atoms with van der Waals surface area (Å²) in [6.07, 6.45) is 3.30. The zero-order valence-corrected chi connectivity index (χ0v) is 12.4. The summed E-state index contributed by atoms with van der Waals surface area (Å²) in [7, 11) is 0. The number of hydrogen-bond donors (Lipinski definition) is 2. The lowest BCUT2D eigenvalue weighted by Crippen LogP contribution is -2.22. The Balaban J connectivity index is 1.82. The van der Waals surface area contributed by atoms with E-state index in [1.807, 2.05) is 25.1 Å². The molecule has 4 amide bonds. The topological polar surface area (TPSA) is 92.3 Å². The Hall–Kier alpha value is -3.02. The molecule has 0 saturated carbocycles. The van der Waals surface area contributed by atoms with Gasteiger partial charge in [-0.1, -0.05) is 18.2 Å². The summed E-state index contributed by atoms with van der Waals surface area (Å²) in [5.41, 5.74) is 3.60. The molecule has 2 N–H and O–H groups in total. The van der Waals surface area contributed by atoms with Crippen molar-refractivity contribution in [3.63, 3.8) is 0 Å². The van der Waals surface area contributed by atoms with E-state index < -0.39 is 11.8 Å². The van der Waals surface area contributed by atoms with Crippen LogP contribution in [0, 0.1) is 6.92 Å². The van der Waals surface area contributed by atoms with Crippen molar-refractivity contribution in [2.45, 2.75) is 19.8 Å². The van der Waals surface area contributed by atoms with E-state index >= 15 is 0 Å². The van der Waals surface area contributed by atoms with Crippen molar-refractivity contribution in [1.29, 1.82) is 0 Å². The first-order chi connectivity index (χ1) is 10.9. The summed E-state index contributed by atoms with van der Waals surface area (Å²) in [5, 5.41) is 4.43. The molecular formula is C17H14N2O4. The lowest BCUT2D eigenvalue weighted by atomic mass is 9.95. The van der Waals surface area contributed by atoms with Gasteiger partial charge in [0.15, 0.2) is 0 Å². The number of aryl methyl sites for hydroxylation is 1. The highest BCUT2D eigenvalue weighted by Gasteiger charge is 2.23. The number of carbonyl (C=O) groups excluding carboxylic acids is 4. The first-order valence-electron chi connectivity index (χ1n) is 7.12. The van der Waals surface area contributed by atoms with E-state index in [1.54, 1.807) is 0 Å². The number of carbonyl (C=O) groups is 4. The van der Waals surface area contributed by atoms with Crippen molar-refractivity contribution in [3.05, 3.63) is 58.2 Å². The molecule has 0 saturated heterocycles. The lowest BCUT2D eigenvalue weighted by molar-refractivity contribution is -0.125. The molecule has 6 nitrogen and oxygen atoms in total. The molecule has 2 aliphatic heterocycles. The van der Waals surface area contributed by atoms with Crippen LogP contribution < -0.4 is 10.6 Å². The highest BCUT2D eigenvalue weighted by Crippen LogP contribution is 2.20. The number of benzene rings is 1. The van der Waals surface area contributed by atoms with E-state index in [9.17, 15) is 19.2 Å². The fourth-order valence-corrected chi connectivity index (χ4v) is 2.62. The maximum atomic E-state index is 11.6. The van der Waals surface area contributed by atoms with Gasteiger partial charge in [0.2, 0.25) is 0 Å². The Kier molecular flexibility index (Phi) is 3.65. The highest BCUT2D eigenvalue weighted by molar-refractivity contribution is 6.17. The van der Waals surface area contributed by atoms with Crippen LogP contribution in [0.3, 0.4) is 0 Å². The Labute approximate surface area is 132 Å². The standard InChI is InChI=1S/C17H14N2O4/c1-9-2-3-10(5-12-7-14(20)18-16(12)22)4-11(9)6-13-8-15(21)19-17(13)23/h2-4,7-8H,5-6H2,1H3,(H,18,20,22)(H,19,21,23). The zero-order valence-electron chi connectivity index (χ0n) is 12.4. The summed E-state index contributed by atoms with van der Waals surface area (Å²) >= 11 is 0. The molecule has 116 valence electrons. The fourth-order valence-electron chi connectivity index (χ4n) is 2.62. The Morgan fingerprint density at radius 3 is 1.91 bits per heavy atom. The fraction of sp³-hybridized carbons (Fsp3) is 0.176. The van der Waals surface area contributed by atoms with Crippen LogP contribution in [0.15, 0.2) is 41.5 Å². The van der Waals surface area contributed by atoms with Crippen molar-refractivity contribution in [3.8, 4) is 0 Å². The first kappa shape index (κ1) is 14.9. The van der Waals surface area contributed by atoms with E-state index in [-0.39, 0.29) is 11.8 Å². The maximum absolute atomic E-state index is 11.6. The zero-order chi connectivity index (χ0) is 16.6. The largest absolute Gasteiger partial charge is 0.289 e. The van der Waals surface area contributed by atoms with Gasteiger partial charge in [0.25, 0.3) is 23.6 Å². The SMILES string of the molecule is Cc1ccc(CC2=CC(=O)NC2=O)cc1CC1=CC(=O)NC1=O. The minimum Gasteiger partial charge on any atom is -0.289 e. The first-order valence-corrected chi connectivity index (χ1v) is 7.12. The van der Waals surface area contributed by atoms with Crippen LogP contribution in [-0.2, 0) is 32.0 Å². The van der Waals surface area contributed by atoms with Gasteiger partial charge in [-0.25, -0.2) is 0 Å². The van der Waals surface area contributed by atoms with Crippen LogP contribution in [0.2, 0.25) is 0 Å². The molecule has 2 aliphatic rings. The van der Waals surface area contributed by atoms with Crippen molar-refractivity contribution in [2.75, 3.05) is 0 Å². The number of nitrogens with one attached hydrogen (secondary N) is 2. The van der Waals surface area contributed by atoms with E-state index in [4.69, 9.17) is 0 Å². The summed E-state index contributed by atoms with van der Waals surface area (Å²) < 4.78 is 0. The Morgan fingerprint density at radius 2 is 1.39 bits per heavy atom. The summed E-state index contributed by atoms with van der Waals surface area (Å²) in [4.78, 5) is 45.6. The van der Waals surface area contributed by atoms with Crippen molar-refractivity contribution >= 4 is 23.6 Å². The van der Waals surface area contributed by atoms with Gasteiger partial charge in [0.05, 0.1) is 0 Å². The van der Waals surface area contributed by atoms with Crippen molar-refractivity contribution in [1.82, 2.24) is 10.6 Å². The third kappa shape index (κ3) is 3.11. The van der Waals surface area contributed by atoms with E-state index in [0.717, 1.165) is 16.7 Å². The number of hydrogen-bond acceptors (Lipinski definition) is 4. The molecule has 0 atom stereocenters. The third-order valence-corrected chi connectivity index (χ3v) is 3.86. The molecule has 0 unspecified atom stereocenters. The number of amides is 4. The third-order valence-electron chi connectivity index (χ3n) is 3.86. The molecule has 1 aromatic carbocycles. The minimum atomic E-state index is -0.399. The van der Waals surface area contributed by atoms with Gasteiger partial charge >= 0.3 is 0 Å². The number of rotatable bonds is 4. The molecule has 0 spiro atoms. The quantitative estimate of drug-likeness (QED) is 0.780. The maximum Gasteiger partial charge on any atom is 0.254 e. The van der Waals surface area contributed by atoms with Gasteiger partial charge in [-0.3, -0.25) is 29.8 Å². The second-order valence-corrected chi connectivity index (χ2v) is 5.59. The predicted octanol–water partition coefficient (Wildman–Crippen LogP) is 0.246. The summed E-state index contributed by atoms with van der Waals surface area (Å²) in [6.45, 7) is 1.92. The van der Waals surface area contributed by atoms with Crippen LogP contribution in [-0.4, -0.2) is 23.6 Å². The van der Waals surface area contributed by atoms with E-state index in [1.165, 1.54) is 12.2 Å². The van der Waals surface area contributed by atoms with Crippen molar-refractivity contribution in [2.24, 2.45) is 0 Å². The van der Waals surface area contributed by atoms with Crippen LogP contribution in [0.5, 0.6) is 0 Å². The van der Waals surface area contributed by atoms with Gasteiger partial charge in [0.1, 0.15) is 0 Å². The molecule has 23 heavy (non-hydrogen) atoms. The van der Waals surface area contributed by atoms with Gasteiger partial charge < -0.3 is 0 Å². The molecule has 0 aliphatic carbocycles. The molecular weight excluding hydrogens is 296 g/mol. The number of imide groups is 2. The summed E-state index contributed by atoms with van der Waals surface area (Å²) in [5.74, 6) is -1.54. The van der Waals surface area contributed by atoms with Crippen LogP contribution in [0.4, 0.5) is 0 Å². The molecule has 0 fully saturated rings. The van der Waals surface area contributed by atoms with Crippen LogP contribution in [0.1, 0.15) is 16.7 Å². The molecule has 0 bridgehead atoms. The minimum absolute atomic E-state index is 0.342. The second-order valence-electron chi connectivity index (χ2n) is 5.59. The van der Waals surface area contributed by atoms with Gasteiger partial charge in [0, 0.05) is 36.1 Å². The van der Waals surface area contributed by atoms with Crippen molar-refractivity contribution < 1.29 is 19.2 Å². The average molecular weight is 310 g/mol. The summed E-state index contributed by atoms with van der Waals surface area (Å²) in [6, 6.07) is 5.67. The highest BCUT2D eigenvalue weighted by atomic mass is 16.2. The smallest absolute Gasteiger partial charge is 0.254 e. The molecule has 0 radical (unpaired) electrons. The Morgan fingerprint density at radius 1 is 0.826 bits per heavy atom. The molecule has 3 rings (SSSR count). The van der Waals surface area contributed by atoms with E-state index in [2.05, 4.69) is 10.6 Å². The molecule has 0 aromatic heterocycles. The molecule has 2 heterocycles. The second kappa shape index (κ2) is 5.64. The van der Waals surface area contributed by atoms with Gasteiger partial charge in [-0.05, 0) is 23.6 Å². The lowest BCUT2D eigenvalue weighted by Gasteiger charge is -2.09. The molecule has 6 heteroatoms. The van der Waals surface area contributed by atoms with Crippen LogP contribution >= 0.6 is 0 Å². The molecule has 1 aromatic rings. The monoisotopic (exact) mass is 310 g/mol. The Bertz CT molecular complexity index is 818.